The molecule has 1 rings (SSSR count). The van der Waals surface area contributed by atoms with Gasteiger partial charge in [0.15, 0.2) is 6.35 Å². The molecule has 82 valence electrons. The third-order valence-corrected chi connectivity index (χ3v) is 2.44. The van der Waals surface area contributed by atoms with Crippen LogP contribution in [0.15, 0.2) is 12.7 Å². The zero-order valence-electron chi connectivity index (χ0n) is 9.17. The van der Waals surface area contributed by atoms with Gasteiger partial charge >= 0.3 is 0 Å². The van der Waals surface area contributed by atoms with Gasteiger partial charge in [0.05, 0.1) is 6.61 Å². The van der Waals surface area contributed by atoms with Crippen molar-refractivity contribution >= 4 is 0 Å². The fraction of sp³-hybridized carbons (Fsp3) is 0.818. The van der Waals surface area contributed by atoms with Crippen molar-refractivity contribution in [3.05, 3.63) is 12.7 Å². The van der Waals surface area contributed by atoms with Crippen molar-refractivity contribution in [3.63, 3.8) is 0 Å². The van der Waals surface area contributed by atoms with E-state index in [2.05, 4.69) is 23.7 Å². The van der Waals surface area contributed by atoms with Gasteiger partial charge in [0.2, 0.25) is 0 Å². The summed E-state index contributed by atoms with van der Waals surface area (Å²) in [6.07, 6.45) is 5.71. The molecule has 0 aliphatic carbocycles. The SMILES string of the molecule is C=CCN1CCNC1OCCCCC. The zero-order valence-corrected chi connectivity index (χ0v) is 9.17. The average molecular weight is 198 g/mol. The molecule has 0 saturated carbocycles. The highest BCUT2D eigenvalue weighted by Gasteiger charge is 2.22. The highest BCUT2D eigenvalue weighted by Crippen LogP contribution is 2.06. The van der Waals surface area contributed by atoms with Crippen LogP contribution in [0.3, 0.4) is 0 Å². The van der Waals surface area contributed by atoms with Crippen LogP contribution < -0.4 is 5.32 Å². The summed E-state index contributed by atoms with van der Waals surface area (Å²) in [5.74, 6) is 0. The van der Waals surface area contributed by atoms with Crippen molar-refractivity contribution in [2.45, 2.75) is 32.5 Å². The first kappa shape index (κ1) is 11.7. The van der Waals surface area contributed by atoms with Gasteiger partial charge in [-0.2, -0.15) is 0 Å². The first-order chi connectivity index (χ1) is 6.88. The minimum absolute atomic E-state index is 0.116. The Hall–Kier alpha value is -0.380. The van der Waals surface area contributed by atoms with Gasteiger partial charge in [-0.15, -0.1) is 6.58 Å². The maximum atomic E-state index is 5.74. The molecule has 0 aromatic heterocycles. The van der Waals surface area contributed by atoms with Crippen molar-refractivity contribution in [1.82, 2.24) is 10.2 Å². The molecule has 0 spiro atoms. The Kier molecular flexibility index (Phi) is 5.83. The smallest absolute Gasteiger partial charge is 0.166 e. The number of hydrogen-bond acceptors (Lipinski definition) is 3. The van der Waals surface area contributed by atoms with E-state index in [1.165, 1.54) is 12.8 Å². The molecule has 1 heterocycles. The average Bonchev–Trinajstić information content (AvgIpc) is 2.61. The molecule has 1 N–H and O–H groups in total. The maximum Gasteiger partial charge on any atom is 0.166 e. The second-order valence-corrected chi connectivity index (χ2v) is 3.67. The molecule has 14 heavy (non-hydrogen) atoms. The number of hydrogen-bond donors (Lipinski definition) is 1. The summed E-state index contributed by atoms with van der Waals surface area (Å²) >= 11 is 0. The lowest BCUT2D eigenvalue weighted by atomic mass is 10.3. The van der Waals surface area contributed by atoms with Gasteiger partial charge in [0.25, 0.3) is 0 Å². The Labute approximate surface area is 87.1 Å². The normalized spacial score (nSPS) is 22.8. The second kappa shape index (κ2) is 6.98. The monoisotopic (exact) mass is 198 g/mol. The Morgan fingerprint density at radius 3 is 3.14 bits per heavy atom. The van der Waals surface area contributed by atoms with Crippen molar-refractivity contribution in [3.8, 4) is 0 Å². The fourth-order valence-electron chi connectivity index (χ4n) is 1.64. The molecule has 1 unspecified atom stereocenters. The van der Waals surface area contributed by atoms with Gasteiger partial charge in [-0.05, 0) is 6.42 Å². The van der Waals surface area contributed by atoms with Gasteiger partial charge in [-0.1, -0.05) is 25.8 Å². The molecule has 1 fully saturated rings. The first-order valence-corrected chi connectivity index (χ1v) is 5.58. The molecule has 3 nitrogen and oxygen atoms in total. The minimum atomic E-state index is 0.116. The summed E-state index contributed by atoms with van der Waals surface area (Å²) in [6.45, 7) is 9.80. The van der Waals surface area contributed by atoms with E-state index in [9.17, 15) is 0 Å². The molecular weight excluding hydrogens is 176 g/mol. The van der Waals surface area contributed by atoms with E-state index >= 15 is 0 Å². The van der Waals surface area contributed by atoms with Crippen molar-refractivity contribution in [2.75, 3.05) is 26.2 Å². The van der Waals surface area contributed by atoms with E-state index in [0.717, 1.165) is 32.7 Å². The third kappa shape index (κ3) is 3.78. The lowest BCUT2D eigenvalue weighted by molar-refractivity contribution is -0.0449. The van der Waals surface area contributed by atoms with Crippen LogP contribution in [0, 0.1) is 0 Å². The van der Waals surface area contributed by atoms with Crippen LogP contribution in [-0.4, -0.2) is 37.5 Å². The van der Waals surface area contributed by atoms with Gasteiger partial charge < -0.3 is 4.74 Å². The van der Waals surface area contributed by atoms with Crippen LogP contribution in [0.4, 0.5) is 0 Å². The number of nitrogens with one attached hydrogen (secondary N) is 1. The van der Waals surface area contributed by atoms with Crippen molar-refractivity contribution in [1.29, 1.82) is 0 Å². The molecule has 1 aliphatic rings. The van der Waals surface area contributed by atoms with E-state index in [1.807, 2.05) is 6.08 Å². The highest BCUT2D eigenvalue weighted by molar-refractivity contribution is 4.79. The highest BCUT2D eigenvalue weighted by atomic mass is 16.5. The van der Waals surface area contributed by atoms with Gasteiger partial charge in [0.1, 0.15) is 0 Å². The Balaban J connectivity index is 2.12. The van der Waals surface area contributed by atoms with Crippen LogP contribution in [0.1, 0.15) is 26.2 Å². The standard InChI is InChI=1S/C11H22N2O/c1-3-5-6-10-14-11-12-7-9-13(11)8-4-2/h4,11-12H,2-3,5-10H2,1H3. The molecule has 0 bridgehead atoms. The van der Waals surface area contributed by atoms with Crippen LogP contribution in [0.2, 0.25) is 0 Å². The molecular formula is C11H22N2O. The van der Waals surface area contributed by atoms with Crippen molar-refractivity contribution < 1.29 is 4.74 Å². The van der Waals surface area contributed by atoms with Crippen LogP contribution in [0.5, 0.6) is 0 Å². The predicted octanol–water partition coefficient (Wildman–Crippen LogP) is 1.57. The van der Waals surface area contributed by atoms with Gasteiger partial charge in [-0.25, -0.2) is 0 Å². The van der Waals surface area contributed by atoms with Crippen LogP contribution >= 0.6 is 0 Å². The van der Waals surface area contributed by atoms with Gasteiger partial charge in [0, 0.05) is 19.6 Å². The maximum absolute atomic E-state index is 5.74. The topological polar surface area (TPSA) is 24.5 Å². The summed E-state index contributed by atoms with van der Waals surface area (Å²) in [4.78, 5) is 2.26. The number of ether oxygens (including phenoxy) is 1. The fourth-order valence-corrected chi connectivity index (χ4v) is 1.64. The molecule has 3 heteroatoms. The van der Waals surface area contributed by atoms with E-state index in [-0.39, 0.29) is 6.35 Å². The minimum Gasteiger partial charge on any atom is -0.350 e. The van der Waals surface area contributed by atoms with Crippen molar-refractivity contribution in [2.24, 2.45) is 0 Å². The van der Waals surface area contributed by atoms with Crippen LogP contribution in [-0.2, 0) is 4.74 Å². The third-order valence-electron chi connectivity index (χ3n) is 2.44. The van der Waals surface area contributed by atoms with Crippen LogP contribution in [0.25, 0.3) is 0 Å². The zero-order chi connectivity index (χ0) is 10.2. The Morgan fingerprint density at radius 1 is 1.57 bits per heavy atom. The molecule has 0 radical (unpaired) electrons. The summed E-state index contributed by atoms with van der Waals surface area (Å²) in [6, 6.07) is 0. The molecule has 1 aliphatic heterocycles. The molecule has 1 atom stereocenters. The number of unbranched alkanes of at least 4 members (excludes halogenated alkanes) is 2. The quantitative estimate of drug-likeness (QED) is 0.496. The predicted molar refractivity (Wildman–Crippen MR) is 59.0 cm³/mol. The van der Waals surface area contributed by atoms with E-state index in [1.54, 1.807) is 0 Å². The molecule has 1 saturated heterocycles. The lowest BCUT2D eigenvalue weighted by Gasteiger charge is -2.22. The Morgan fingerprint density at radius 2 is 2.43 bits per heavy atom. The summed E-state index contributed by atoms with van der Waals surface area (Å²) in [7, 11) is 0. The van der Waals surface area contributed by atoms with E-state index in [0.29, 0.717) is 0 Å². The first-order valence-electron chi connectivity index (χ1n) is 5.58. The Bertz CT molecular complexity index is 161. The van der Waals surface area contributed by atoms with Gasteiger partial charge in [-0.3, -0.25) is 10.2 Å². The number of rotatable bonds is 7. The molecule has 0 aromatic carbocycles. The van der Waals surface area contributed by atoms with E-state index in [4.69, 9.17) is 4.74 Å². The molecule has 0 amide bonds. The summed E-state index contributed by atoms with van der Waals surface area (Å²) in [5.41, 5.74) is 0. The summed E-state index contributed by atoms with van der Waals surface area (Å²) in [5, 5.41) is 3.32. The number of nitrogens with zero attached hydrogens (tertiary/aromatic N) is 1. The second-order valence-electron chi connectivity index (χ2n) is 3.67. The molecule has 0 aromatic rings. The lowest BCUT2D eigenvalue weighted by Crippen LogP contribution is -2.38. The largest absolute Gasteiger partial charge is 0.350 e. The summed E-state index contributed by atoms with van der Waals surface area (Å²) < 4.78 is 5.74. The van der Waals surface area contributed by atoms with E-state index < -0.39 is 0 Å².